The minimum atomic E-state index is 0.890. The average molecular weight is 479 g/mol. The average Bonchev–Trinajstić information content (AvgIpc) is 2.80. The van der Waals surface area contributed by atoms with Crippen molar-refractivity contribution in [3.8, 4) is 0 Å². The van der Waals surface area contributed by atoms with Crippen LogP contribution in [0, 0.1) is 29.6 Å². The molecule has 0 radical (unpaired) electrons. The minimum absolute atomic E-state index is 0.890. The van der Waals surface area contributed by atoms with Gasteiger partial charge in [-0.15, -0.1) is 0 Å². The van der Waals surface area contributed by atoms with E-state index in [2.05, 4.69) is 48.5 Å². The number of hydrogen-bond donors (Lipinski definition) is 0. The Hall–Kier alpha value is 0. The van der Waals surface area contributed by atoms with Crippen molar-refractivity contribution >= 4 is 0 Å². The highest BCUT2D eigenvalue weighted by atomic mass is 14.1. The Morgan fingerprint density at radius 3 is 0.853 bits per heavy atom. The van der Waals surface area contributed by atoms with Crippen molar-refractivity contribution < 1.29 is 0 Å². The summed E-state index contributed by atoms with van der Waals surface area (Å²) in [6.07, 6.45) is 32.1. The first-order valence-electron chi connectivity index (χ1n) is 16.3. The zero-order valence-corrected chi connectivity index (χ0v) is 25.4. The summed E-state index contributed by atoms with van der Waals surface area (Å²) >= 11 is 0. The monoisotopic (exact) mass is 479 g/mol. The molecular formula is C34H70. The highest BCUT2D eigenvalue weighted by Gasteiger charge is 2.07. The zero-order chi connectivity index (χ0) is 25.4. The molecule has 0 aromatic carbocycles. The molecule has 206 valence electrons. The van der Waals surface area contributed by atoms with Crippen molar-refractivity contribution in [3.05, 3.63) is 0 Å². The zero-order valence-electron chi connectivity index (χ0n) is 25.4. The van der Waals surface area contributed by atoms with Gasteiger partial charge < -0.3 is 0 Å². The van der Waals surface area contributed by atoms with Crippen LogP contribution in [-0.4, -0.2) is 0 Å². The van der Waals surface area contributed by atoms with Gasteiger partial charge in [0.2, 0.25) is 0 Å². The van der Waals surface area contributed by atoms with Crippen LogP contribution in [0.3, 0.4) is 0 Å². The smallest absolute Gasteiger partial charge is 0.0443 e. The van der Waals surface area contributed by atoms with Gasteiger partial charge in [-0.1, -0.05) is 190 Å². The molecule has 0 aromatic heterocycles. The summed E-state index contributed by atoms with van der Waals surface area (Å²) in [7, 11) is 0. The maximum atomic E-state index is 2.51. The summed E-state index contributed by atoms with van der Waals surface area (Å²) in [4.78, 5) is 0. The Kier molecular flexibility index (Phi) is 24.7. The van der Waals surface area contributed by atoms with Crippen LogP contribution < -0.4 is 0 Å². The summed E-state index contributed by atoms with van der Waals surface area (Å²) in [5.74, 6) is 4.67. The molecule has 0 amide bonds. The highest BCUT2D eigenvalue weighted by Crippen LogP contribution is 2.23. The first kappa shape index (κ1) is 34.0. The summed E-state index contributed by atoms with van der Waals surface area (Å²) in [5, 5.41) is 0. The lowest BCUT2D eigenvalue weighted by atomic mass is 9.91. The van der Waals surface area contributed by atoms with Crippen LogP contribution in [0.15, 0.2) is 0 Å². The Morgan fingerprint density at radius 1 is 0.294 bits per heavy atom. The lowest BCUT2D eigenvalue weighted by molar-refractivity contribution is 0.386. The maximum Gasteiger partial charge on any atom is -0.0443 e. The Bertz CT molecular complexity index is 383. The first-order valence-corrected chi connectivity index (χ1v) is 16.3. The predicted octanol–water partition coefficient (Wildman–Crippen LogP) is 12.8. The van der Waals surface area contributed by atoms with Crippen LogP contribution in [0.4, 0.5) is 0 Å². The summed E-state index contributed by atoms with van der Waals surface area (Å²) in [6.45, 7) is 16.9. The third-order valence-corrected chi connectivity index (χ3v) is 8.61. The maximum absolute atomic E-state index is 2.51. The fourth-order valence-corrected chi connectivity index (χ4v) is 5.52. The van der Waals surface area contributed by atoms with Crippen molar-refractivity contribution in [2.75, 3.05) is 0 Å². The standard InChI is InChI=1S/C34H70/c1-8-31(4)23-16-13-17-25-33(6)27-19-21-29-34(7)28-20-18-26-32(5)24-15-12-10-9-11-14-22-30(2)3/h30-34H,8-29H2,1-7H3. The Morgan fingerprint density at radius 2 is 0.529 bits per heavy atom. The van der Waals surface area contributed by atoms with Crippen LogP contribution in [-0.2, 0) is 0 Å². The molecule has 0 saturated carbocycles. The van der Waals surface area contributed by atoms with E-state index in [1.165, 1.54) is 141 Å². The van der Waals surface area contributed by atoms with Gasteiger partial charge in [-0.05, 0) is 29.6 Å². The van der Waals surface area contributed by atoms with Gasteiger partial charge in [0.1, 0.15) is 0 Å². The van der Waals surface area contributed by atoms with E-state index in [-0.39, 0.29) is 0 Å². The van der Waals surface area contributed by atoms with Gasteiger partial charge in [0, 0.05) is 0 Å². The highest BCUT2D eigenvalue weighted by molar-refractivity contribution is 4.61. The second-order valence-corrected chi connectivity index (χ2v) is 13.1. The van der Waals surface area contributed by atoms with E-state index in [0.717, 1.165) is 29.6 Å². The molecule has 4 unspecified atom stereocenters. The SMILES string of the molecule is CCC(C)CCCCCC(C)CCCCC(C)CCCCC(C)CCCCCCCCC(C)C. The molecule has 34 heavy (non-hydrogen) atoms. The number of unbranched alkanes of at least 4 members (excludes halogenated alkanes) is 9. The van der Waals surface area contributed by atoms with E-state index in [0.29, 0.717) is 0 Å². The van der Waals surface area contributed by atoms with Crippen molar-refractivity contribution in [2.24, 2.45) is 29.6 Å². The molecule has 0 saturated heterocycles. The quantitative estimate of drug-likeness (QED) is 0.108. The van der Waals surface area contributed by atoms with E-state index >= 15 is 0 Å². The van der Waals surface area contributed by atoms with Crippen LogP contribution >= 0.6 is 0 Å². The molecule has 0 bridgehead atoms. The molecule has 0 heteroatoms. The molecule has 0 aliphatic rings. The Labute approximate surface area is 219 Å². The van der Waals surface area contributed by atoms with E-state index in [1.54, 1.807) is 0 Å². The molecule has 4 atom stereocenters. The molecule has 0 spiro atoms. The predicted molar refractivity (Wildman–Crippen MR) is 159 cm³/mol. The molecule has 0 N–H and O–H groups in total. The van der Waals surface area contributed by atoms with E-state index < -0.39 is 0 Å². The molecular weight excluding hydrogens is 408 g/mol. The number of rotatable bonds is 26. The second kappa shape index (κ2) is 24.7. The molecule has 0 rings (SSSR count). The largest absolute Gasteiger partial charge is 0.0651 e. The van der Waals surface area contributed by atoms with E-state index in [9.17, 15) is 0 Å². The third-order valence-electron chi connectivity index (χ3n) is 8.61. The van der Waals surface area contributed by atoms with Gasteiger partial charge in [-0.2, -0.15) is 0 Å². The van der Waals surface area contributed by atoms with Crippen molar-refractivity contribution in [2.45, 2.75) is 190 Å². The molecule has 0 fully saturated rings. The molecule has 0 heterocycles. The number of hydrogen-bond acceptors (Lipinski definition) is 0. The van der Waals surface area contributed by atoms with Crippen LogP contribution in [0.25, 0.3) is 0 Å². The lowest BCUT2D eigenvalue weighted by Gasteiger charge is -2.15. The molecule has 0 aliphatic heterocycles. The fraction of sp³-hybridized carbons (Fsp3) is 1.00. The van der Waals surface area contributed by atoms with Crippen molar-refractivity contribution in [1.82, 2.24) is 0 Å². The van der Waals surface area contributed by atoms with E-state index in [1.807, 2.05) is 0 Å². The lowest BCUT2D eigenvalue weighted by Crippen LogP contribution is -1.99. The van der Waals surface area contributed by atoms with Crippen molar-refractivity contribution in [1.29, 1.82) is 0 Å². The van der Waals surface area contributed by atoms with Gasteiger partial charge in [0.25, 0.3) is 0 Å². The van der Waals surface area contributed by atoms with Gasteiger partial charge in [0.05, 0.1) is 0 Å². The second-order valence-electron chi connectivity index (χ2n) is 13.1. The van der Waals surface area contributed by atoms with Gasteiger partial charge >= 0.3 is 0 Å². The minimum Gasteiger partial charge on any atom is -0.0651 e. The summed E-state index contributed by atoms with van der Waals surface area (Å²) in [5.41, 5.74) is 0. The molecule has 0 aliphatic carbocycles. The van der Waals surface area contributed by atoms with Crippen LogP contribution in [0.1, 0.15) is 190 Å². The topological polar surface area (TPSA) is 0 Å². The van der Waals surface area contributed by atoms with Gasteiger partial charge in [-0.3, -0.25) is 0 Å². The van der Waals surface area contributed by atoms with Crippen LogP contribution in [0.2, 0.25) is 0 Å². The Balaban J connectivity index is 3.42. The van der Waals surface area contributed by atoms with Crippen molar-refractivity contribution in [3.63, 3.8) is 0 Å². The van der Waals surface area contributed by atoms with Crippen LogP contribution in [0.5, 0.6) is 0 Å². The fourth-order valence-electron chi connectivity index (χ4n) is 5.52. The third kappa shape index (κ3) is 25.1. The van der Waals surface area contributed by atoms with Gasteiger partial charge in [-0.25, -0.2) is 0 Å². The van der Waals surface area contributed by atoms with E-state index in [4.69, 9.17) is 0 Å². The summed E-state index contributed by atoms with van der Waals surface area (Å²) in [6, 6.07) is 0. The normalized spacial score (nSPS) is 15.5. The summed E-state index contributed by atoms with van der Waals surface area (Å²) < 4.78 is 0. The van der Waals surface area contributed by atoms with Gasteiger partial charge in [0.15, 0.2) is 0 Å². The molecule has 0 aromatic rings. The first-order chi connectivity index (χ1) is 16.3. The molecule has 0 nitrogen and oxygen atoms in total.